The first-order chi connectivity index (χ1) is 13.1. The van der Waals surface area contributed by atoms with Crippen LogP contribution >= 0.6 is 0 Å². The Labute approximate surface area is 157 Å². The van der Waals surface area contributed by atoms with E-state index in [0.29, 0.717) is 30.3 Å². The van der Waals surface area contributed by atoms with E-state index in [-0.39, 0.29) is 5.78 Å². The first kappa shape index (κ1) is 17.1. The number of aromatic nitrogens is 2. The minimum absolute atomic E-state index is 0.0850. The van der Waals surface area contributed by atoms with Crippen LogP contribution in [0.5, 0.6) is 11.5 Å². The van der Waals surface area contributed by atoms with E-state index < -0.39 is 0 Å². The molecule has 27 heavy (non-hydrogen) atoms. The number of hydrogen-bond donors (Lipinski definition) is 0. The predicted octanol–water partition coefficient (Wildman–Crippen LogP) is 4.16. The summed E-state index contributed by atoms with van der Waals surface area (Å²) in [5, 5.41) is 4.61. The summed E-state index contributed by atoms with van der Waals surface area (Å²) in [6.45, 7) is 4.98. The van der Waals surface area contributed by atoms with Crippen molar-refractivity contribution in [1.29, 1.82) is 0 Å². The molecule has 0 amide bonds. The fourth-order valence-electron chi connectivity index (χ4n) is 3.17. The summed E-state index contributed by atoms with van der Waals surface area (Å²) in [6, 6.07) is 15.2. The standard InChI is InChI=1S/C22H20N2O3/c1-15-19(16(2)24(23-15)18-6-4-3-5-7-18)9-10-20(25)17-8-11-21-22(14-17)27-13-12-26-21/h3-11,14H,12-13H2,1-2H3/b10-9-. The molecule has 0 spiro atoms. The third-order valence-electron chi connectivity index (χ3n) is 4.58. The highest BCUT2D eigenvalue weighted by atomic mass is 16.6. The molecule has 5 heteroatoms. The molecule has 2 heterocycles. The summed E-state index contributed by atoms with van der Waals surface area (Å²) in [7, 11) is 0. The van der Waals surface area contributed by atoms with Crippen LogP contribution in [0.3, 0.4) is 0 Å². The highest BCUT2D eigenvalue weighted by Gasteiger charge is 2.15. The molecule has 0 radical (unpaired) electrons. The van der Waals surface area contributed by atoms with E-state index in [1.165, 1.54) is 0 Å². The van der Waals surface area contributed by atoms with Crippen LogP contribution in [-0.2, 0) is 0 Å². The molecule has 5 nitrogen and oxygen atoms in total. The van der Waals surface area contributed by atoms with E-state index in [1.54, 1.807) is 24.3 Å². The van der Waals surface area contributed by atoms with Gasteiger partial charge < -0.3 is 9.47 Å². The summed E-state index contributed by atoms with van der Waals surface area (Å²) in [5.41, 5.74) is 4.38. The molecule has 1 aromatic heterocycles. The Morgan fingerprint density at radius 3 is 2.56 bits per heavy atom. The van der Waals surface area contributed by atoms with Gasteiger partial charge in [0.25, 0.3) is 0 Å². The number of para-hydroxylation sites is 1. The van der Waals surface area contributed by atoms with Gasteiger partial charge in [0, 0.05) is 16.8 Å². The second kappa shape index (κ2) is 7.11. The topological polar surface area (TPSA) is 53.4 Å². The van der Waals surface area contributed by atoms with Crippen LogP contribution in [0, 0.1) is 13.8 Å². The lowest BCUT2D eigenvalue weighted by atomic mass is 10.1. The minimum atomic E-state index is -0.0850. The molecule has 0 unspecified atom stereocenters. The molecule has 0 fully saturated rings. The number of fused-ring (bicyclic) bond motifs is 1. The van der Waals surface area contributed by atoms with Crippen molar-refractivity contribution >= 4 is 11.9 Å². The van der Waals surface area contributed by atoms with Gasteiger partial charge in [-0.15, -0.1) is 0 Å². The Balaban J connectivity index is 1.60. The van der Waals surface area contributed by atoms with Crippen molar-refractivity contribution in [3.8, 4) is 17.2 Å². The minimum Gasteiger partial charge on any atom is -0.486 e. The average Bonchev–Trinajstić information content (AvgIpc) is 3.00. The molecular formula is C22H20N2O3. The Kier molecular flexibility index (Phi) is 4.50. The number of rotatable bonds is 4. The zero-order valence-electron chi connectivity index (χ0n) is 15.3. The SMILES string of the molecule is Cc1nn(-c2ccccc2)c(C)c1/C=C\C(=O)c1ccc2c(c1)OCCO2. The number of aryl methyl sites for hydroxylation is 1. The number of nitrogens with zero attached hydrogens (tertiary/aromatic N) is 2. The first-order valence-corrected chi connectivity index (χ1v) is 8.87. The summed E-state index contributed by atoms with van der Waals surface area (Å²) >= 11 is 0. The smallest absolute Gasteiger partial charge is 0.185 e. The number of carbonyl (C=O) groups excluding carboxylic acids is 1. The lowest BCUT2D eigenvalue weighted by Crippen LogP contribution is -2.15. The third kappa shape index (κ3) is 3.36. The Hall–Kier alpha value is -3.34. The van der Waals surface area contributed by atoms with Gasteiger partial charge in [0.1, 0.15) is 13.2 Å². The maximum Gasteiger partial charge on any atom is 0.185 e. The van der Waals surface area contributed by atoms with Gasteiger partial charge in [0.2, 0.25) is 0 Å². The van der Waals surface area contributed by atoms with Gasteiger partial charge in [-0.3, -0.25) is 4.79 Å². The third-order valence-corrected chi connectivity index (χ3v) is 4.58. The first-order valence-electron chi connectivity index (χ1n) is 8.87. The Bertz CT molecular complexity index is 1020. The van der Waals surface area contributed by atoms with Crippen molar-refractivity contribution in [3.63, 3.8) is 0 Å². The van der Waals surface area contributed by atoms with E-state index in [4.69, 9.17) is 9.47 Å². The van der Waals surface area contributed by atoms with Crippen LogP contribution < -0.4 is 9.47 Å². The van der Waals surface area contributed by atoms with E-state index in [2.05, 4.69) is 5.10 Å². The van der Waals surface area contributed by atoms with Gasteiger partial charge in [0.05, 0.1) is 11.4 Å². The number of allylic oxidation sites excluding steroid dienone is 1. The van der Waals surface area contributed by atoms with Crippen LogP contribution in [0.25, 0.3) is 11.8 Å². The van der Waals surface area contributed by atoms with Gasteiger partial charge >= 0.3 is 0 Å². The maximum absolute atomic E-state index is 12.6. The molecule has 0 saturated carbocycles. The van der Waals surface area contributed by atoms with Gasteiger partial charge in [0.15, 0.2) is 17.3 Å². The second-order valence-corrected chi connectivity index (χ2v) is 6.39. The zero-order valence-corrected chi connectivity index (χ0v) is 15.3. The van der Waals surface area contributed by atoms with E-state index in [1.807, 2.05) is 54.9 Å². The number of benzene rings is 2. The molecule has 2 aromatic carbocycles. The van der Waals surface area contributed by atoms with Crippen molar-refractivity contribution < 1.29 is 14.3 Å². The van der Waals surface area contributed by atoms with Crippen LogP contribution in [0.2, 0.25) is 0 Å². The van der Waals surface area contributed by atoms with Gasteiger partial charge in [-0.1, -0.05) is 18.2 Å². The summed E-state index contributed by atoms with van der Waals surface area (Å²) in [6.07, 6.45) is 3.41. The van der Waals surface area contributed by atoms with Crippen molar-refractivity contribution in [2.75, 3.05) is 13.2 Å². The molecule has 0 atom stereocenters. The lowest BCUT2D eigenvalue weighted by molar-refractivity contribution is 0.104. The number of ketones is 1. The van der Waals surface area contributed by atoms with Crippen LogP contribution in [0.15, 0.2) is 54.6 Å². The lowest BCUT2D eigenvalue weighted by Gasteiger charge is -2.18. The van der Waals surface area contributed by atoms with Crippen molar-refractivity contribution in [1.82, 2.24) is 9.78 Å². The van der Waals surface area contributed by atoms with E-state index >= 15 is 0 Å². The van der Waals surface area contributed by atoms with Crippen LogP contribution in [-0.4, -0.2) is 28.8 Å². The summed E-state index contributed by atoms with van der Waals surface area (Å²) in [5.74, 6) is 1.21. The number of ether oxygens (including phenoxy) is 2. The van der Waals surface area contributed by atoms with Crippen molar-refractivity contribution in [3.05, 3.63) is 77.1 Å². The molecule has 1 aliphatic rings. The largest absolute Gasteiger partial charge is 0.486 e. The van der Waals surface area contributed by atoms with Crippen LogP contribution in [0.1, 0.15) is 27.3 Å². The molecule has 0 bridgehead atoms. The molecule has 0 saturated heterocycles. The van der Waals surface area contributed by atoms with Gasteiger partial charge in [-0.2, -0.15) is 5.10 Å². The zero-order chi connectivity index (χ0) is 18.8. The van der Waals surface area contributed by atoms with E-state index in [9.17, 15) is 4.79 Å². The highest BCUT2D eigenvalue weighted by molar-refractivity contribution is 6.07. The summed E-state index contributed by atoms with van der Waals surface area (Å²) < 4.78 is 12.9. The van der Waals surface area contributed by atoms with E-state index in [0.717, 1.165) is 22.6 Å². The number of carbonyl (C=O) groups is 1. The molecule has 0 aliphatic carbocycles. The molecule has 0 N–H and O–H groups in total. The molecule has 4 rings (SSSR count). The number of hydrogen-bond acceptors (Lipinski definition) is 4. The predicted molar refractivity (Wildman–Crippen MR) is 104 cm³/mol. The normalized spacial score (nSPS) is 13.1. The molecule has 136 valence electrons. The fourth-order valence-corrected chi connectivity index (χ4v) is 3.17. The maximum atomic E-state index is 12.6. The molecular weight excluding hydrogens is 340 g/mol. The van der Waals surface area contributed by atoms with Gasteiger partial charge in [-0.25, -0.2) is 4.68 Å². The van der Waals surface area contributed by atoms with Crippen molar-refractivity contribution in [2.45, 2.75) is 13.8 Å². The Morgan fingerprint density at radius 1 is 1.04 bits per heavy atom. The quantitative estimate of drug-likeness (QED) is 0.518. The van der Waals surface area contributed by atoms with Crippen LogP contribution in [0.4, 0.5) is 0 Å². The molecule has 1 aliphatic heterocycles. The second-order valence-electron chi connectivity index (χ2n) is 6.39. The summed E-state index contributed by atoms with van der Waals surface area (Å²) in [4.78, 5) is 12.6. The average molecular weight is 360 g/mol. The monoisotopic (exact) mass is 360 g/mol. The highest BCUT2D eigenvalue weighted by Crippen LogP contribution is 2.31. The molecule has 3 aromatic rings. The van der Waals surface area contributed by atoms with Gasteiger partial charge in [-0.05, 0) is 56.3 Å². The fraction of sp³-hybridized carbons (Fsp3) is 0.182. The van der Waals surface area contributed by atoms with Crippen molar-refractivity contribution in [2.24, 2.45) is 0 Å². The Morgan fingerprint density at radius 2 is 1.78 bits per heavy atom.